The predicted molar refractivity (Wildman–Crippen MR) is 139 cm³/mol. The Balaban J connectivity index is 1.63. The average Bonchev–Trinajstić information content (AvgIpc) is 3.23. The number of esters is 1. The summed E-state index contributed by atoms with van der Waals surface area (Å²) in [6.07, 6.45) is 1.40. The summed E-state index contributed by atoms with van der Waals surface area (Å²) in [6, 6.07) is 12.8. The minimum atomic E-state index is -0.789. The van der Waals surface area contributed by atoms with E-state index in [9.17, 15) is 25.0 Å². The number of hydrogen-bond acceptors (Lipinski definition) is 9. The predicted octanol–water partition coefficient (Wildman–Crippen LogP) is 6.13. The van der Waals surface area contributed by atoms with Crippen molar-refractivity contribution in [2.24, 2.45) is 4.99 Å². The van der Waals surface area contributed by atoms with Crippen molar-refractivity contribution in [3.63, 3.8) is 0 Å². The fourth-order valence-electron chi connectivity index (χ4n) is 3.46. The molecule has 0 unspecified atom stereocenters. The van der Waals surface area contributed by atoms with Crippen LogP contribution in [0, 0.1) is 20.2 Å². The van der Waals surface area contributed by atoms with Crippen molar-refractivity contribution in [1.82, 2.24) is 0 Å². The van der Waals surface area contributed by atoms with Gasteiger partial charge in [-0.2, -0.15) is 0 Å². The number of hydrogen-bond donors (Lipinski definition) is 0. The highest BCUT2D eigenvalue weighted by molar-refractivity contribution is 6.34. The number of nitro groups is 2. The molecule has 3 aromatic rings. The lowest BCUT2D eigenvalue weighted by atomic mass is 10.1. The Labute approximate surface area is 225 Å². The quantitative estimate of drug-likeness (QED) is 0.132. The molecule has 0 fully saturated rings. The Morgan fingerprint density at radius 3 is 2.42 bits per heavy atom. The summed E-state index contributed by atoms with van der Waals surface area (Å²) in [5.41, 5.74) is 0.679. The van der Waals surface area contributed by atoms with E-state index in [0.717, 1.165) is 6.07 Å². The van der Waals surface area contributed by atoms with Gasteiger partial charge in [0.1, 0.15) is 6.61 Å². The van der Waals surface area contributed by atoms with Gasteiger partial charge >= 0.3 is 5.97 Å². The fourth-order valence-corrected chi connectivity index (χ4v) is 3.93. The molecule has 0 bridgehead atoms. The smallest absolute Gasteiger partial charge is 0.363 e. The number of cyclic esters (lactones) is 1. The highest BCUT2D eigenvalue weighted by Crippen LogP contribution is 2.38. The van der Waals surface area contributed by atoms with Crippen LogP contribution < -0.4 is 9.47 Å². The van der Waals surface area contributed by atoms with Gasteiger partial charge in [-0.1, -0.05) is 35.3 Å². The van der Waals surface area contributed by atoms with Crippen LogP contribution >= 0.6 is 23.2 Å². The van der Waals surface area contributed by atoms with Crippen molar-refractivity contribution in [1.29, 1.82) is 0 Å². The van der Waals surface area contributed by atoms with Crippen LogP contribution in [-0.4, -0.2) is 28.3 Å². The molecule has 0 spiro atoms. The third-order valence-electron chi connectivity index (χ3n) is 5.15. The number of carbonyl (C=O) groups excluding carboxylic acids is 1. The number of ether oxygens (including phenoxy) is 3. The number of benzene rings is 3. The van der Waals surface area contributed by atoms with Gasteiger partial charge in [0.15, 0.2) is 17.2 Å². The van der Waals surface area contributed by atoms with Gasteiger partial charge in [-0.05, 0) is 42.3 Å². The van der Waals surface area contributed by atoms with Crippen LogP contribution in [0.2, 0.25) is 10.0 Å². The van der Waals surface area contributed by atoms with Crippen LogP contribution in [-0.2, 0) is 16.1 Å². The minimum absolute atomic E-state index is 0.00807. The first kappa shape index (κ1) is 26.6. The van der Waals surface area contributed by atoms with E-state index in [1.165, 1.54) is 36.4 Å². The summed E-state index contributed by atoms with van der Waals surface area (Å²) in [5, 5.41) is 22.4. The first-order chi connectivity index (χ1) is 18.2. The average molecular weight is 558 g/mol. The highest BCUT2D eigenvalue weighted by Gasteiger charge is 2.27. The van der Waals surface area contributed by atoms with Crippen LogP contribution in [0.4, 0.5) is 11.4 Å². The van der Waals surface area contributed by atoms with E-state index < -0.39 is 15.8 Å². The Morgan fingerprint density at radius 2 is 1.71 bits per heavy atom. The van der Waals surface area contributed by atoms with Crippen molar-refractivity contribution in [2.75, 3.05) is 6.61 Å². The molecule has 0 amide bonds. The molecule has 0 atom stereocenters. The molecule has 194 valence electrons. The number of carbonyl (C=O) groups is 1. The molecular formula is C25H17Cl2N3O8. The summed E-state index contributed by atoms with van der Waals surface area (Å²) in [4.78, 5) is 37.6. The van der Waals surface area contributed by atoms with Gasteiger partial charge < -0.3 is 14.2 Å². The molecule has 3 aromatic carbocycles. The molecular weight excluding hydrogens is 541 g/mol. The van der Waals surface area contributed by atoms with Crippen molar-refractivity contribution in [3.8, 4) is 11.5 Å². The SMILES string of the molecule is CCOc1cc(/C=C2\N=C(c3cc([N+](=O)[O-])ccc3Cl)OC2=O)cc(Cl)c1OCc1cccc([N+](=O)[O-])c1. The molecule has 11 nitrogen and oxygen atoms in total. The van der Waals surface area contributed by atoms with Crippen LogP contribution in [0.3, 0.4) is 0 Å². The van der Waals surface area contributed by atoms with Gasteiger partial charge in [0.25, 0.3) is 11.4 Å². The van der Waals surface area contributed by atoms with Crippen molar-refractivity contribution >= 4 is 52.5 Å². The Morgan fingerprint density at radius 1 is 0.974 bits per heavy atom. The molecule has 4 rings (SSSR count). The number of nitrogens with zero attached hydrogens (tertiary/aromatic N) is 3. The van der Waals surface area contributed by atoms with Crippen LogP contribution in [0.25, 0.3) is 6.08 Å². The van der Waals surface area contributed by atoms with Gasteiger partial charge in [0.05, 0.1) is 32.1 Å². The summed E-state index contributed by atoms with van der Waals surface area (Å²) in [5.74, 6) is -0.482. The molecule has 13 heteroatoms. The fraction of sp³-hybridized carbons (Fsp3) is 0.120. The zero-order chi connectivity index (χ0) is 27.4. The summed E-state index contributed by atoms with van der Waals surface area (Å²) in [6.45, 7) is 2.03. The topological polar surface area (TPSA) is 143 Å². The van der Waals surface area contributed by atoms with E-state index >= 15 is 0 Å². The monoisotopic (exact) mass is 557 g/mol. The third kappa shape index (κ3) is 5.90. The summed E-state index contributed by atoms with van der Waals surface area (Å²) < 4.78 is 16.7. The van der Waals surface area contributed by atoms with Gasteiger partial charge in [0, 0.05) is 24.3 Å². The van der Waals surface area contributed by atoms with Gasteiger partial charge in [-0.15, -0.1) is 0 Å². The number of halogens is 2. The Bertz CT molecular complexity index is 1520. The lowest BCUT2D eigenvalue weighted by Crippen LogP contribution is -2.06. The molecule has 0 radical (unpaired) electrons. The second kappa shape index (κ2) is 11.3. The normalized spacial score (nSPS) is 13.7. The maximum atomic E-state index is 12.5. The van der Waals surface area contributed by atoms with Crippen LogP contribution in [0.5, 0.6) is 11.5 Å². The van der Waals surface area contributed by atoms with Crippen LogP contribution in [0.15, 0.2) is 65.3 Å². The van der Waals surface area contributed by atoms with E-state index in [0.29, 0.717) is 11.1 Å². The summed E-state index contributed by atoms with van der Waals surface area (Å²) >= 11 is 12.6. The van der Waals surface area contributed by atoms with E-state index in [2.05, 4.69) is 4.99 Å². The van der Waals surface area contributed by atoms with Gasteiger partial charge in [0.2, 0.25) is 5.90 Å². The molecule has 1 aliphatic heterocycles. The largest absolute Gasteiger partial charge is 0.490 e. The number of non-ortho nitro benzene ring substituents is 2. The van der Waals surface area contributed by atoms with E-state index in [1.54, 1.807) is 25.1 Å². The Hall–Kier alpha value is -4.48. The van der Waals surface area contributed by atoms with Crippen molar-refractivity contribution in [2.45, 2.75) is 13.5 Å². The number of aliphatic imine (C=N–C) groups is 1. The molecule has 1 heterocycles. The molecule has 0 saturated carbocycles. The zero-order valence-electron chi connectivity index (χ0n) is 19.6. The maximum Gasteiger partial charge on any atom is 0.363 e. The number of nitro benzene ring substituents is 2. The maximum absolute atomic E-state index is 12.5. The Kier molecular flexibility index (Phi) is 7.89. The molecule has 0 saturated heterocycles. The van der Waals surface area contributed by atoms with Crippen LogP contribution in [0.1, 0.15) is 23.6 Å². The van der Waals surface area contributed by atoms with Gasteiger partial charge in [-0.25, -0.2) is 9.79 Å². The first-order valence-electron chi connectivity index (χ1n) is 11.0. The molecule has 1 aliphatic rings. The van der Waals surface area contributed by atoms with E-state index in [1.807, 2.05) is 0 Å². The molecule has 38 heavy (non-hydrogen) atoms. The standard InChI is InChI=1S/C25H17Cl2N3O8/c1-2-36-22-11-15(9-20(27)23(22)37-13-14-4-3-5-16(8-14)29(32)33)10-21-25(31)38-24(28-21)18-12-17(30(34)35)6-7-19(18)26/h3-12H,2,13H2,1H3/b21-10-. The van der Waals surface area contributed by atoms with Gasteiger partial charge in [-0.3, -0.25) is 20.2 Å². The molecule has 0 aliphatic carbocycles. The minimum Gasteiger partial charge on any atom is -0.490 e. The van der Waals surface area contributed by atoms with Crippen molar-refractivity contribution in [3.05, 3.63) is 107 Å². The molecule has 0 N–H and O–H groups in total. The number of rotatable bonds is 9. The van der Waals surface area contributed by atoms with E-state index in [4.69, 9.17) is 37.4 Å². The molecule has 0 aromatic heterocycles. The highest BCUT2D eigenvalue weighted by atomic mass is 35.5. The van der Waals surface area contributed by atoms with E-state index in [-0.39, 0.29) is 63.3 Å². The lowest BCUT2D eigenvalue weighted by molar-refractivity contribution is -0.385. The lowest BCUT2D eigenvalue weighted by Gasteiger charge is -2.14. The third-order valence-corrected chi connectivity index (χ3v) is 5.76. The first-order valence-corrected chi connectivity index (χ1v) is 11.7. The second-order valence-corrected chi connectivity index (χ2v) is 8.55. The zero-order valence-corrected chi connectivity index (χ0v) is 21.1. The van der Waals surface area contributed by atoms with Crippen molar-refractivity contribution < 1.29 is 28.9 Å². The summed E-state index contributed by atoms with van der Waals surface area (Å²) in [7, 11) is 0. The second-order valence-electron chi connectivity index (χ2n) is 7.74.